The summed E-state index contributed by atoms with van der Waals surface area (Å²) in [4.78, 5) is 4.67. The summed E-state index contributed by atoms with van der Waals surface area (Å²) in [6.07, 6.45) is 10.6. The first kappa shape index (κ1) is 15.7. The molecule has 0 atom stereocenters. The molecule has 0 amide bonds. The number of aliphatic imine (C=N–C) groups is 1. The number of rotatable bonds is 3. The summed E-state index contributed by atoms with van der Waals surface area (Å²) in [5, 5.41) is 0. The van der Waals surface area contributed by atoms with Gasteiger partial charge in [0.1, 0.15) is 0 Å². The SMILES string of the molecule is C(=Nc1ccc(C23CC4CC(CC(C4)C2)C3)cc1)c1ccc2c(c1)OCO2. The third-order valence-corrected chi connectivity index (χ3v) is 7.28. The molecule has 0 spiro atoms. The second-order valence-electron chi connectivity index (χ2n) is 9.12. The minimum atomic E-state index is 0.307. The normalized spacial score (nSPS) is 33.1. The lowest BCUT2D eigenvalue weighted by molar-refractivity contribution is -0.00518. The average molecular weight is 359 g/mol. The van der Waals surface area contributed by atoms with Crippen LogP contribution < -0.4 is 9.47 Å². The summed E-state index contributed by atoms with van der Waals surface area (Å²) < 4.78 is 10.8. The minimum Gasteiger partial charge on any atom is -0.454 e. The molecule has 3 nitrogen and oxygen atoms in total. The molecular weight excluding hydrogens is 334 g/mol. The number of benzene rings is 2. The van der Waals surface area contributed by atoms with Crippen LogP contribution in [0.5, 0.6) is 11.5 Å². The quantitative estimate of drug-likeness (QED) is 0.665. The van der Waals surface area contributed by atoms with Gasteiger partial charge in [-0.25, -0.2) is 0 Å². The largest absolute Gasteiger partial charge is 0.454 e. The number of fused-ring (bicyclic) bond motifs is 1. The van der Waals surface area contributed by atoms with E-state index in [1.807, 2.05) is 24.4 Å². The Morgan fingerprint density at radius 3 is 2.19 bits per heavy atom. The van der Waals surface area contributed by atoms with Gasteiger partial charge < -0.3 is 9.47 Å². The first-order valence-corrected chi connectivity index (χ1v) is 10.3. The summed E-state index contributed by atoms with van der Waals surface area (Å²) in [5.41, 5.74) is 4.07. The van der Waals surface area contributed by atoms with Crippen molar-refractivity contribution in [3.8, 4) is 11.5 Å². The molecule has 138 valence electrons. The van der Waals surface area contributed by atoms with Gasteiger partial charge in [0.25, 0.3) is 0 Å². The van der Waals surface area contributed by atoms with E-state index in [4.69, 9.17) is 9.47 Å². The lowest BCUT2D eigenvalue weighted by atomic mass is 9.48. The van der Waals surface area contributed by atoms with E-state index in [1.54, 1.807) is 5.56 Å². The Kier molecular flexibility index (Phi) is 3.41. The second kappa shape index (κ2) is 5.85. The molecule has 4 aliphatic carbocycles. The molecule has 27 heavy (non-hydrogen) atoms. The molecule has 0 unspecified atom stereocenters. The maximum atomic E-state index is 5.44. The second-order valence-corrected chi connectivity index (χ2v) is 9.12. The van der Waals surface area contributed by atoms with Crippen molar-refractivity contribution >= 4 is 11.9 Å². The van der Waals surface area contributed by atoms with Crippen LogP contribution in [0.1, 0.15) is 49.7 Å². The van der Waals surface area contributed by atoms with Crippen molar-refractivity contribution in [1.82, 2.24) is 0 Å². The molecule has 0 saturated heterocycles. The van der Waals surface area contributed by atoms with Gasteiger partial charge in [-0.1, -0.05) is 12.1 Å². The molecular formula is C24H25NO2. The van der Waals surface area contributed by atoms with Crippen LogP contribution in [-0.2, 0) is 5.41 Å². The lowest BCUT2D eigenvalue weighted by Gasteiger charge is -2.57. The number of ether oxygens (including phenoxy) is 2. The Labute approximate surface area is 160 Å². The molecule has 0 N–H and O–H groups in total. The Bertz CT molecular complexity index is 864. The summed E-state index contributed by atoms with van der Waals surface area (Å²) in [5.74, 6) is 4.57. The summed E-state index contributed by atoms with van der Waals surface area (Å²) >= 11 is 0. The first-order chi connectivity index (χ1) is 13.3. The maximum absolute atomic E-state index is 5.44. The predicted molar refractivity (Wildman–Crippen MR) is 106 cm³/mol. The van der Waals surface area contributed by atoms with Gasteiger partial charge in [0, 0.05) is 6.21 Å². The number of nitrogens with zero attached hydrogens (tertiary/aromatic N) is 1. The van der Waals surface area contributed by atoms with E-state index < -0.39 is 0 Å². The van der Waals surface area contributed by atoms with Gasteiger partial charge in [-0.05, 0) is 103 Å². The first-order valence-electron chi connectivity index (χ1n) is 10.3. The fraction of sp³-hybridized carbons (Fsp3) is 0.458. The third-order valence-electron chi connectivity index (χ3n) is 7.28. The van der Waals surface area contributed by atoms with Crippen LogP contribution in [0.25, 0.3) is 0 Å². The van der Waals surface area contributed by atoms with Crippen LogP contribution in [0.4, 0.5) is 5.69 Å². The molecule has 5 aliphatic rings. The lowest BCUT2D eigenvalue weighted by Crippen LogP contribution is -2.48. The highest BCUT2D eigenvalue weighted by Gasteiger charge is 2.51. The van der Waals surface area contributed by atoms with Crippen molar-refractivity contribution in [1.29, 1.82) is 0 Å². The van der Waals surface area contributed by atoms with Gasteiger partial charge >= 0.3 is 0 Å². The van der Waals surface area contributed by atoms with E-state index in [0.29, 0.717) is 12.2 Å². The molecule has 4 saturated carbocycles. The Morgan fingerprint density at radius 1 is 0.815 bits per heavy atom. The van der Waals surface area contributed by atoms with E-state index in [2.05, 4.69) is 29.3 Å². The Balaban J connectivity index is 1.22. The predicted octanol–water partition coefficient (Wildman–Crippen LogP) is 5.63. The van der Waals surface area contributed by atoms with E-state index in [-0.39, 0.29) is 0 Å². The van der Waals surface area contributed by atoms with E-state index in [0.717, 1.165) is 40.5 Å². The van der Waals surface area contributed by atoms with Crippen LogP contribution in [0.3, 0.4) is 0 Å². The molecule has 4 bridgehead atoms. The zero-order valence-electron chi connectivity index (χ0n) is 15.6. The summed E-state index contributed by atoms with van der Waals surface area (Å²) in [7, 11) is 0. The highest BCUT2D eigenvalue weighted by Crippen LogP contribution is 2.60. The van der Waals surface area contributed by atoms with Gasteiger partial charge in [0.2, 0.25) is 6.79 Å². The monoisotopic (exact) mass is 359 g/mol. The van der Waals surface area contributed by atoms with Gasteiger partial charge in [-0.15, -0.1) is 0 Å². The van der Waals surface area contributed by atoms with Crippen molar-refractivity contribution in [2.45, 2.75) is 43.9 Å². The standard InChI is InChI=1S/C24H25NO2/c1-6-22-23(27-15-26-22)10-16(1)14-25-21-4-2-20(3-5-21)24-11-17-7-18(12-24)9-19(8-17)13-24/h1-6,10,14,17-19H,7-9,11-13,15H2. The third kappa shape index (κ3) is 2.67. The van der Waals surface area contributed by atoms with E-state index >= 15 is 0 Å². The highest BCUT2D eigenvalue weighted by molar-refractivity contribution is 5.83. The maximum Gasteiger partial charge on any atom is 0.231 e. The van der Waals surface area contributed by atoms with Crippen LogP contribution in [0.15, 0.2) is 47.5 Å². The summed E-state index contributed by atoms with van der Waals surface area (Å²) in [6, 6.07) is 15.0. The molecule has 2 aromatic rings. The zero-order chi connectivity index (χ0) is 17.8. The molecule has 4 fully saturated rings. The zero-order valence-corrected chi connectivity index (χ0v) is 15.6. The van der Waals surface area contributed by atoms with E-state index in [9.17, 15) is 0 Å². The van der Waals surface area contributed by atoms with Crippen molar-refractivity contribution < 1.29 is 9.47 Å². The van der Waals surface area contributed by atoms with Crippen LogP contribution in [0.2, 0.25) is 0 Å². The number of hydrogen-bond acceptors (Lipinski definition) is 3. The molecule has 2 aromatic carbocycles. The van der Waals surface area contributed by atoms with Crippen LogP contribution in [-0.4, -0.2) is 13.0 Å². The minimum absolute atomic E-state index is 0.307. The molecule has 1 aliphatic heterocycles. The fourth-order valence-corrected chi connectivity index (χ4v) is 6.51. The van der Waals surface area contributed by atoms with Crippen LogP contribution in [0, 0.1) is 17.8 Å². The Hall–Kier alpha value is -2.29. The molecule has 3 heteroatoms. The van der Waals surface area contributed by atoms with Crippen molar-refractivity contribution in [3.05, 3.63) is 53.6 Å². The molecule has 7 rings (SSSR count). The Morgan fingerprint density at radius 2 is 1.48 bits per heavy atom. The number of hydrogen-bond donors (Lipinski definition) is 0. The van der Waals surface area contributed by atoms with Gasteiger partial charge in [-0.2, -0.15) is 0 Å². The van der Waals surface area contributed by atoms with Gasteiger partial charge in [-0.3, -0.25) is 4.99 Å². The average Bonchev–Trinajstić information content (AvgIpc) is 3.13. The topological polar surface area (TPSA) is 30.8 Å². The molecule has 1 heterocycles. The summed E-state index contributed by atoms with van der Waals surface area (Å²) in [6.45, 7) is 0.307. The molecule has 0 aromatic heterocycles. The van der Waals surface area contributed by atoms with Crippen molar-refractivity contribution in [3.63, 3.8) is 0 Å². The van der Waals surface area contributed by atoms with Crippen LogP contribution >= 0.6 is 0 Å². The van der Waals surface area contributed by atoms with E-state index in [1.165, 1.54) is 38.5 Å². The molecule has 0 radical (unpaired) electrons. The van der Waals surface area contributed by atoms with Crippen molar-refractivity contribution in [2.75, 3.05) is 6.79 Å². The highest BCUT2D eigenvalue weighted by atomic mass is 16.7. The van der Waals surface area contributed by atoms with Gasteiger partial charge in [0.05, 0.1) is 5.69 Å². The smallest absolute Gasteiger partial charge is 0.231 e. The van der Waals surface area contributed by atoms with Crippen molar-refractivity contribution in [2.24, 2.45) is 22.7 Å². The fourth-order valence-electron chi connectivity index (χ4n) is 6.51. The van der Waals surface area contributed by atoms with Gasteiger partial charge in [0.15, 0.2) is 11.5 Å².